The van der Waals surface area contributed by atoms with Crippen molar-refractivity contribution in [1.29, 1.82) is 0 Å². The van der Waals surface area contributed by atoms with Gasteiger partial charge in [-0.2, -0.15) is 0 Å². The van der Waals surface area contributed by atoms with Gasteiger partial charge in [0.1, 0.15) is 11.4 Å². The summed E-state index contributed by atoms with van der Waals surface area (Å²) in [6.45, 7) is 1.91. The zero-order chi connectivity index (χ0) is 24.9. The van der Waals surface area contributed by atoms with Crippen molar-refractivity contribution in [3.05, 3.63) is 63.2 Å². The SMILES string of the molecule is COc1ccc([N+](=O)[O-])cc1N(CCCC(=O)N[C@H](C)c1ccc2c(c1)CCCC2)S(C)(=O)=O. The number of amides is 1. The molecule has 0 radical (unpaired) electrons. The highest BCUT2D eigenvalue weighted by molar-refractivity contribution is 7.92. The van der Waals surface area contributed by atoms with Gasteiger partial charge in [0.15, 0.2) is 0 Å². The lowest BCUT2D eigenvalue weighted by Gasteiger charge is -2.24. The van der Waals surface area contributed by atoms with E-state index in [9.17, 15) is 23.3 Å². The molecule has 0 spiro atoms. The van der Waals surface area contributed by atoms with E-state index in [1.165, 1.54) is 43.2 Å². The summed E-state index contributed by atoms with van der Waals surface area (Å²) in [5.41, 5.74) is 3.60. The van der Waals surface area contributed by atoms with Gasteiger partial charge >= 0.3 is 0 Å². The van der Waals surface area contributed by atoms with Crippen LogP contribution in [0.1, 0.15) is 55.3 Å². The normalized spacial score (nSPS) is 14.1. The molecule has 0 saturated heterocycles. The van der Waals surface area contributed by atoms with Crippen LogP contribution in [0, 0.1) is 10.1 Å². The Kier molecular flexibility index (Phi) is 8.14. The summed E-state index contributed by atoms with van der Waals surface area (Å²) in [7, 11) is -2.41. The Morgan fingerprint density at radius 3 is 2.53 bits per heavy atom. The smallest absolute Gasteiger partial charge is 0.271 e. The van der Waals surface area contributed by atoms with Crippen LogP contribution in [-0.4, -0.2) is 39.2 Å². The maximum Gasteiger partial charge on any atom is 0.271 e. The molecule has 3 rings (SSSR count). The number of hydrogen-bond acceptors (Lipinski definition) is 6. The molecular formula is C24H31N3O6S. The van der Waals surface area contributed by atoms with Gasteiger partial charge in [-0.05, 0) is 61.8 Å². The van der Waals surface area contributed by atoms with Crippen molar-refractivity contribution in [2.45, 2.75) is 51.5 Å². The lowest BCUT2D eigenvalue weighted by Crippen LogP contribution is -2.33. The van der Waals surface area contributed by atoms with Crippen LogP contribution in [0.2, 0.25) is 0 Å². The van der Waals surface area contributed by atoms with Crippen molar-refractivity contribution in [1.82, 2.24) is 5.32 Å². The summed E-state index contributed by atoms with van der Waals surface area (Å²) in [4.78, 5) is 23.1. The Bertz CT molecular complexity index is 1170. The van der Waals surface area contributed by atoms with Crippen LogP contribution in [-0.2, 0) is 27.7 Å². The number of rotatable bonds is 10. The third-order valence-corrected chi connectivity index (χ3v) is 7.24. The maximum atomic E-state index is 12.6. The van der Waals surface area contributed by atoms with Gasteiger partial charge in [0.25, 0.3) is 5.69 Å². The largest absolute Gasteiger partial charge is 0.495 e. The molecule has 0 saturated carbocycles. The molecule has 2 aromatic carbocycles. The second-order valence-electron chi connectivity index (χ2n) is 8.58. The maximum absolute atomic E-state index is 12.6. The zero-order valence-electron chi connectivity index (χ0n) is 19.7. The lowest BCUT2D eigenvalue weighted by molar-refractivity contribution is -0.384. The first-order chi connectivity index (χ1) is 16.1. The topological polar surface area (TPSA) is 119 Å². The van der Waals surface area contributed by atoms with E-state index in [2.05, 4.69) is 23.5 Å². The van der Waals surface area contributed by atoms with Crippen molar-refractivity contribution in [2.75, 3.05) is 24.2 Å². The minimum Gasteiger partial charge on any atom is -0.495 e. The number of carbonyl (C=O) groups excluding carboxylic acids is 1. The molecule has 184 valence electrons. The van der Waals surface area contributed by atoms with Crippen molar-refractivity contribution in [3.8, 4) is 5.75 Å². The van der Waals surface area contributed by atoms with Gasteiger partial charge in [-0.1, -0.05) is 18.2 Å². The highest BCUT2D eigenvalue weighted by Gasteiger charge is 2.24. The predicted octanol–water partition coefficient (Wildman–Crippen LogP) is 3.91. The predicted molar refractivity (Wildman–Crippen MR) is 131 cm³/mol. The number of benzene rings is 2. The fourth-order valence-electron chi connectivity index (χ4n) is 4.25. The number of nitrogens with zero attached hydrogens (tertiary/aromatic N) is 2. The molecule has 0 aromatic heterocycles. The highest BCUT2D eigenvalue weighted by atomic mass is 32.2. The quantitative estimate of drug-likeness (QED) is 0.399. The minimum atomic E-state index is -3.77. The molecule has 0 aliphatic heterocycles. The van der Waals surface area contributed by atoms with E-state index < -0.39 is 14.9 Å². The van der Waals surface area contributed by atoms with Crippen LogP contribution in [0.15, 0.2) is 36.4 Å². The van der Waals surface area contributed by atoms with Crippen molar-refractivity contribution in [2.24, 2.45) is 0 Å². The summed E-state index contributed by atoms with van der Waals surface area (Å²) < 4.78 is 31.1. The number of fused-ring (bicyclic) bond motifs is 1. The molecule has 10 heteroatoms. The molecular weight excluding hydrogens is 458 g/mol. The van der Waals surface area contributed by atoms with Crippen LogP contribution in [0.25, 0.3) is 0 Å². The van der Waals surface area contributed by atoms with Crippen molar-refractivity contribution in [3.63, 3.8) is 0 Å². The van der Waals surface area contributed by atoms with E-state index in [0.717, 1.165) is 35.0 Å². The van der Waals surface area contributed by atoms with Gasteiger partial charge in [0, 0.05) is 25.1 Å². The number of methoxy groups -OCH3 is 1. The number of sulfonamides is 1. The van der Waals surface area contributed by atoms with Gasteiger partial charge in [-0.15, -0.1) is 0 Å². The van der Waals surface area contributed by atoms with Crippen LogP contribution >= 0.6 is 0 Å². The Labute approximate surface area is 200 Å². The van der Waals surface area contributed by atoms with Crippen molar-refractivity contribution < 1.29 is 22.9 Å². The Hall–Kier alpha value is -3.14. The molecule has 0 bridgehead atoms. The van der Waals surface area contributed by atoms with E-state index in [0.29, 0.717) is 0 Å². The number of nitrogens with one attached hydrogen (secondary N) is 1. The number of anilines is 1. The van der Waals surface area contributed by atoms with E-state index in [-0.39, 0.29) is 48.5 Å². The highest BCUT2D eigenvalue weighted by Crippen LogP contribution is 2.34. The molecule has 0 heterocycles. The number of aryl methyl sites for hydroxylation is 2. The summed E-state index contributed by atoms with van der Waals surface area (Å²) in [6.07, 6.45) is 5.92. The fourth-order valence-corrected chi connectivity index (χ4v) is 5.22. The average Bonchev–Trinajstić information content (AvgIpc) is 2.80. The Morgan fingerprint density at radius 2 is 1.88 bits per heavy atom. The minimum absolute atomic E-state index is 0.0169. The van der Waals surface area contributed by atoms with Crippen molar-refractivity contribution >= 4 is 27.3 Å². The molecule has 1 amide bonds. The third kappa shape index (κ3) is 6.25. The van der Waals surface area contributed by atoms with Crippen LogP contribution in [0.3, 0.4) is 0 Å². The van der Waals surface area contributed by atoms with E-state index in [1.54, 1.807) is 0 Å². The average molecular weight is 490 g/mol. The van der Waals surface area contributed by atoms with Gasteiger partial charge < -0.3 is 10.1 Å². The monoisotopic (exact) mass is 489 g/mol. The number of ether oxygens (including phenoxy) is 1. The van der Waals surface area contributed by atoms with Crippen LogP contribution in [0.4, 0.5) is 11.4 Å². The summed E-state index contributed by atoms with van der Waals surface area (Å²) >= 11 is 0. The summed E-state index contributed by atoms with van der Waals surface area (Å²) in [5, 5.41) is 14.2. The summed E-state index contributed by atoms with van der Waals surface area (Å²) in [6, 6.07) is 9.97. The van der Waals surface area contributed by atoms with Gasteiger partial charge in [0.2, 0.25) is 15.9 Å². The van der Waals surface area contributed by atoms with E-state index >= 15 is 0 Å². The van der Waals surface area contributed by atoms with E-state index in [4.69, 9.17) is 4.74 Å². The first kappa shape index (κ1) is 25.5. The summed E-state index contributed by atoms with van der Waals surface area (Å²) in [5.74, 6) is 0.00573. The third-order valence-electron chi connectivity index (χ3n) is 6.06. The Balaban J connectivity index is 1.64. The van der Waals surface area contributed by atoms with Crippen LogP contribution in [0.5, 0.6) is 5.75 Å². The molecule has 2 aromatic rings. The molecule has 0 unspecified atom stereocenters. The lowest BCUT2D eigenvalue weighted by atomic mass is 9.89. The van der Waals surface area contributed by atoms with E-state index in [1.807, 2.05) is 6.92 Å². The number of nitro groups is 1. The number of non-ortho nitro benzene ring substituents is 1. The van der Waals surface area contributed by atoms with Gasteiger partial charge in [-0.3, -0.25) is 19.2 Å². The molecule has 1 aliphatic rings. The molecule has 9 nitrogen and oxygen atoms in total. The molecule has 0 fully saturated rings. The zero-order valence-corrected chi connectivity index (χ0v) is 20.6. The van der Waals surface area contributed by atoms with Crippen LogP contribution < -0.4 is 14.4 Å². The number of carbonyl (C=O) groups is 1. The van der Waals surface area contributed by atoms with Gasteiger partial charge in [0.05, 0.1) is 24.3 Å². The molecule has 1 atom stereocenters. The molecule has 1 aliphatic carbocycles. The first-order valence-corrected chi connectivity index (χ1v) is 13.2. The Morgan fingerprint density at radius 1 is 1.18 bits per heavy atom. The molecule has 34 heavy (non-hydrogen) atoms. The second-order valence-corrected chi connectivity index (χ2v) is 10.5. The fraction of sp³-hybridized carbons (Fsp3) is 0.458. The second kappa shape index (κ2) is 10.9. The number of nitro benzene ring substituents is 1. The molecule has 1 N–H and O–H groups in total. The van der Waals surface area contributed by atoms with Gasteiger partial charge in [-0.25, -0.2) is 8.42 Å². The standard InChI is InChI=1S/C24H31N3O6S/c1-17(19-11-10-18-7-4-5-8-20(18)15-19)25-24(28)9-6-14-26(34(3,31)32)22-16-21(27(29)30)12-13-23(22)33-2/h10-13,15-17H,4-9,14H2,1-3H3,(H,25,28)/t17-/m1/s1. The number of hydrogen-bond donors (Lipinski definition) is 1. The first-order valence-electron chi connectivity index (χ1n) is 11.3.